The Bertz CT molecular complexity index is 410. The third kappa shape index (κ3) is 2.63. The number of alkyl halides is 1. The van der Waals surface area contributed by atoms with Gasteiger partial charge in [-0.1, -0.05) is 38.0 Å². The number of halogens is 1. The van der Waals surface area contributed by atoms with Gasteiger partial charge in [0.15, 0.2) is 0 Å². The smallest absolute Gasteiger partial charge is 0.230 e. The predicted octanol–water partition coefficient (Wildman–Crippen LogP) is 3.94. The van der Waals surface area contributed by atoms with E-state index in [2.05, 4.69) is 12.2 Å². The number of para-hydroxylation sites is 1. The lowest BCUT2D eigenvalue weighted by molar-refractivity contribution is -0.124. The lowest BCUT2D eigenvalue weighted by atomic mass is 9.87. The van der Waals surface area contributed by atoms with Crippen molar-refractivity contribution in [1.29, 1.82) is 0 Å². The van der Waals surface area contributed by atoms with Crippen molar-refractivity contribution in [1.82, 2.24) is 0 Å². The molecule has 1 aliphatic rings. The van der Waals surface area contributed by atoms with E-state index in [1.807, 2.05) is 24.3 Å². The summed E-state index contributed by atoms with van der Waals surface area (Å²) in [6.07, 6.45) is 4.28. The SMILES string of the molecule is CC1(C(=O)Nc2ccccc2CCl)CCCC1. The topological polar surface area (TPSA) is 29.1 Å². The summed E-state index contributed by atoms with van der Waals surface area (Å²) in [4.78, 5) is 12.3. The lowest BCUT2D eigenvalue weighted by Gasteiger charge is -2.23. The largest absolute Gasteiger partial charge is 0.325 e. The highest BCUT2D eigenvalue weighted by Crippen LogP contribution is 2.38. The Morgan fingerprint density at radius 1 is 1.35 bits per heavy atom. The second kappa shape index (κ2) is 5.09. The number of anilines is 1. The van der Waals surface area contributed by atoms with E-state index in [4.69, 9.17) is 11.6 Å². The molecule has 1 fully saturated rings. The summed E-state index contributed by atoms with van der Waals surface area (Å²) < 4.78 is 0. The van der Waals surface area contributed by atoms with Gasteiger partial charge in [0.1, 0.15) is 0 Å². The molecule has 1 amide bonds. The molecule has 1 aromatic carbocycles. The molecule has 0 radical (unpaired) electrons. The fraction of sp³-hybridized carbons (Fsp3) is 0.500. The maximum atomic E-state index is 12.3. The van der Waals surface area contributed by atoms with Crippen molar-refractivity contribution in [3.8, 4) is 0 Å². The van der Waals surface area contributed by atoms with Gasteiger partial charge in [0, 0.05) is 17.0 Å². The van der Waals surface area contributed by atoms with Gasteiger partial charge < -0.3 is 5.32 Å². The molecule has 1 saturated carbocycles. The number of hydrogen-bond donors (Lipinski definition) is 1. The molecule has 1 N–H and O–H groups in total. The van der Waals surface area contributed by atoms with E-state index in [1.54, 1.807) is 0 Å². The molecule has 92 valence electrons. The Morgan fingerprint density at radius 3 is 2.65 bits per heavy atom. The molecule has 3 heteroatoms. The minimum atomic E-state index is -0.195. The van der Waals surface area contributed by atoms with Crippen LogP contribution in [0.5, 0.6) is 0 Å². The molecule has 2 nitrogen and oxygen atoms in total. The molecule has 0 unspecified atom stereocenters. The van der Waals surface area contributed by atoms with Crippen molar-refractivity contribution in [2.24, 2.45) is 5.41 Å². The average Bonchev–Trinajstić information content (AvgIpc) is 2.78. The van der Waals surface area contributed by atoms with Crippen LogP contribution in [0.2, 0.25) is 0 Å². The number of benzene rings is 1. The van der Waals surface area contributed by atoms with Crippen LogP contribution in [0.25, 0.3) is 0 Å². The zero-order valence-corrected chi connectivity index (χ0v) is 10.9. The maximum absolute atomic E-state index is 12.3. The minimum Gasteiger partial charge on any atom is -0.325 e. The molecular formula is C14H18ClNO. The number of rotatable bonds is 3. The van der Waals surface area contributed by atoms with Crippen molar-refractivity contribution in [2.45, 2.75) is 38.5 Å². The molecule has 0 heterocycles. The van der Waals surface area contributed by atoms with Crippen molar-refractivity contribution in [2.75, 3.05) is 5.32 Å². The normalized spacial score (nSPS) is 18.0. The van der Waals surface area contributed by atoms with E-state index >= 15 is 0 Å². The fourth-order valence-corrected chi connectivity index (χ4v) is 2.65. The summed E-state index contributed by atoms with van der Waals surface area (Å²) in [5, 5.41) is 3.02. The monoisotopic (exact) mass is 251 g/mol. The zero-order chi connectivity index (χ0) is 12.3. The average molecular weight is 252 g/mol. The second-order valence-electron chi connectivity index (χ2n) is 5.01. The van der Waals surface area contributed by atoms with E-state index < -0.39 is 0 Å². The first kappa shape index (κ1) is 12.4. The van der Waals surface area contributed by atoms with Crippen LogP contribution >= 0.6 is 11.6 Å². The lowest BCUT2D eigenvalue weighted by Crippen LogP contribution is -2.31. The quantitative estimate of drug-likeness (QED) is 0.810. The van der Waals surface area contributed by atoms with Gasteiger partial charge in [-0.05, 0) is 24.5 Å². The molecule has 17 heavy (non-hydrogen) atoms. The number of carbonyl (C=O) groups is 1. The van der Waals surface area contributed by atoms with Gasteiger partial charge in [0.25, 0.3) is 0 Å². The van der Waals surface area contributed by atoms with Crippen molar-refractivity contribution in [3.05, 3.63) is 29.8 Å². The van der Waals surface area contributed by atoms with E-state index in [1.165, 1.54) is 0 Å². The van der Waals surface area contributed by atoms with E-state index in [0.29, 0.717) is 5.88 Å². The van der Waals surface area contributed by atoms with E-state index in [-0.39, 0.29) is 11.3 Å². The number of amides is 1. The van der Waals surface area contributed by atoms with Gasteiger partial charge in [-0.25, -0.2) is 0 Å². The molecule has 0 bridgehead atoms. The summed E-state index contributed by atoms with van der Waals surface area (Å²) in [6, 6.07) is 7.71. The summed E-state index contributed by atoms with van der Waals surface area (Å²) in [5.41, 5.74) is 1.63. The molecular weight excluding hydrogens is 234 g/mol. The number of hydrogen-bond acceptors (Lipinski definition) is 1. The zero-order valence-electron chi connectivity index (χ0n) is 10.1. The molecule has 2 rings (SSSR count). The van der Waals surface area contributed by atoms with Gasteiger partial charge in [0.05, 0.1) is 0 Å². The van der Waals surface area contributed by atoms with Gasteiger partial charge >= 0.3 is 0 Å². The van der Waals surface area contributed by atoms with Gasteiger partial charge in [-0.2, -0.15) is 0 Å². The molecule has 0 atom stereocenters. The van der Waals surface area contributed by atoms with Crippen LogP contribution in [0, 0.1) is 5.41 Å². The first-order valence-corrected chi connectivity index (χ1v) is 6.64. The van der Waals surface area contributed by atoms with Crippen LogP contribution in [0.1, 0.15) is 38.2 Å². The predicted molar refractivity (Wildman–Crippen MR) is 71.2 cm³/mol. The van der Waals surface area contributed by atoms with E-state index in [9.17, 15) is 4.79 Å². The van der Waals surface area contributed by atoms with Crippen LogP contribution in [0.4, 0.5) is 5.69 Å². The summed E-state index contributed by atoms with van der Waals surface area (Å²) in [5.74, 6) is 0.556. The van der Waals surface area contributed by atoms with Crippen LogP contribution in [0.3, 0.4) is 0 Å². The second-order valence-corrected chi connectivity index (χ2v) is 5.28. The summed E-state index contributed by atoms with van der Waals surface area (Å²) >= 11 is 5.86. The minimum absolute atomic E-state index is 0.132. The van der Waals surface area contributed by atoms with Crippen molar-refractivity contribution in [3.63, 3.8) is 0 Å². The molecule has 0 spiro atoms. The maximum Gasteiger partial charge on any atom is 0.230 e. The Morgan fingerprint density at radius 2 is 2.00 bits per heavy atom. The third-order valence-electron chi connectivity index (χ3n) is 3.66. The highest BCUT2D eigenvalue weighted by molar-refractivity contribution is 6.17. The summed E-state index contributed by atoms with van der Waals surface area (Å²) in [7, 11) is 0. The van der Waals surface area contributed by atoms with Gasteiger partial charge in [0.2, 0.25) is 5.91 Å². The van der Waals surface area contributed by atoms with Crippen LogP contribution < -0.4 is 5.32 Å². The first-order chi connectivity index (χ1) is 8.15. The van der Waals surface area contributed by atoms with E-state index in [0.717, 1.165) is 36.9 Å². The van der Waals surface area contributed by atoms with Gasteiger partial charge in [-0.3, -0.25) is 4.79 Å². The highest BCUT2D eigenvalue weighted by atomic mass is 35.5. The molecule has 1 aromatic rings. The Hall–Kier alpha value is -1.02. The van der Waals surface area contributed by atoms with Crippen LogP contribution in [-0.4, -0.2) is 5.91 Å². The number of nitrogens with one attached hydrogen (secondary N) is 1. The van der Waals surface area contributed by atoms with Crippen LogP contribution in [0.15, 0.2) is 24.3 Å². The Balaban J connectivity index is 2.12. The molecule has 0 aromatic heterocycles. The third-order valence-corrected chi connectivity index (χ3v) is 3.95. The number of carbonyl (C=O) groups excluding carboxylic acids is 1. The summed E-state index contributed by atoms with van der Waals surface area (Å²) in [6.45, 7) is 2.05. The molecule has 0 saturated heterocycles. The standard InChI is InChI=1S/C14H18ClNO/c1-14(8-4-5-9-14)13(17)16-12-7-3-2-6-11(12)10-15/h2-3,6-7H,4-5,8-10H2,1H3,(H,16,17). The first-order valence-electron chi connectivity index (χ1n) is 6.11. The Kier molecular flexibility index (Phi) is 3.72. The fourth-order valence-electron chi connectivity index (χ4n) is 2.41. The van der Waals surface area contributed by atoms with Gasteiger partial charge in [-0.15, -0.1) is 11.6 Å². The molecule has 0 aliphatic heterocycles. The van der Waals surface area contributed by atoms with Crippen molar-refractivity contribution < 1.29 is 4.79 Å². The Labute approximate surface area is 107 Å². The molecule has 1 aliphatic carbocycles. The highest BCUT2D eigenvalue weighted by Gasteiger charge is 2.36. The van der Waals surface area contributed by atoms with Crippen molar-refractivity contribution >= 4 is 23.2 Å². The van der Waals surface area contributed by atoms with Crippen LogP contribution in [-0.2, 0) is 10.7 Å².